The zero-order valence-corrected chi connectivity index (χ0v) is 14.1. The molecule has 0 saturated carbocycles. The number of likely N-dealkylation sites (tertiary alicyclic amines) is 1. The van der Waals surface area contributed by atoms with E-state index in [1.165, 1.54) is 6.07 Å². The summed E-state index contributed by atoms with van der Waals surface area (Å²) in [6.07, 6.45) is 4.11. The van der Waals surface area contributed by atoms with Gasteiger partial charge < -0.3 is 14.2 Å². The Labute approximate surface area is 146 Å². The molecule has 7 heteroatoms. The minimum absolute atomic E-state index is 0.0160. The van der Waals surface area contributed by atoms with Gasteiger partial charge in [-0.2, -0.15) is 0 Å². The van der Waals surface area contributed by atoms with Crippen molar-refractivity contribution in [1.82, 2.24) is 9.47 Å². The molecule has 25 heavy (non-hydrogen) atoms. The van der Waals surface area contributed by atoms with Crippen molar-refractivity contribution in [3.8, 4) is 5.75 Å². The molecule has 2 heterocycles. The molecule has 1 atom stereocenters. The molecule has 1 aromatic heterocycles. The Balaban J connectivity index is 1.60. The Kier molecular flexibility index (Phi) is 5.02. The Bertz CT molecular complexity index is 771. The number of amides is 1. The van der Waals surface area contributed by atoms with Crippen molar-refractivity contribution in [2.24, 2.45) is 7.05 Å². The van der Waals surface area contributed by atoms with Gasteiger partial charge in [-0.15, -0.1) is 0 Å². The molecule has 1 aliphatic heterocycles. The average molecular weight is 343 g/mol. The molecule has 1 fully saturated rings. The highest BCUT2D eigenvalue weighted by atomic mass is 16.6. The third-order valence-electron chi connectivity index (χ3n) is 4.53. The third kappa shape index (κ3) is 3.65. The van der Waals surface area contributed by atoms with E-state index in [-0.39, 0.29) is 36.4 Å². The minimum atomic E-state index is -0.483. The molecule has 2 aromatic rings. The largest absolute Gasteiger partial charge is 0.486 e. The predicted molar refractivity (Wildman–Crippen MR) is 92.3 cm³/mol. The maximum Gasteiger partial charge on any atom is 0.310 e. The summed E-state index contributed by atoms with van der Waals surface area (Å²) in [6.45, 7) is 0.861. The number of nitro groups is 1. The van der Waals surface area contributed by atoms with Gasteiger partial charge in [0, 0.05) is 31.5 Å². The molecule has 0 N–H and O–H groups in total. The molecule has 132 valence electrons. The highest BCUT2D eigenvalue weighted by Gasteiger charge is 2.31. The van der Waals surface area contributed by atoms with Crippen LogP contribution >= 0.6 is 0 Å². The monoisotopic (exact) mass is 343 g/mol. The standard InChI is InChI=1S/C18H21N3O4/c1-19-11-4-7-14(19)15-8-5-12-20(15)18(22)10-13-25-17-9-3-2-6-16(17)21(23)24/h2-4,6-7,9,11,15H,5,8,10,12-13H2,1H3/t15-/m0/s1. The van der Waals surface area contributed by atoms with Crippen molar-refractivity contribution in [2.75, 3.05) is 13.2 Å². The number of aryl methyl sites for hydroxylation is 1. The first-order chi connectivity index (χ1) is 12.1. The zero-order chi connectivity index (χ0) is 17.8. The maximum atomic E-state index is 12.6. The van der Waals surface area contributed by atoms with Crippen molar-refractivity contribution in [3.63, 3.8) is 0 Å². The lowest BCUT2D eigenvalue weighted by molar-refractivity contribution is -0.385. The molecule has 1 aliphatic rings. The lowest BCUT2D eigenvalue weighted by atomic mass is 10.1. The normalized spacial score (nSPS) is 16.8. The number of benzene rings is 1. The van der Waals surface area contributed by atoms with E-state index in [1.54, 1.807) is 18.2 Å². The number of ether oxygens (including phenoxy) is 1. The van der Waals surface area contributed by atoms with Crippen LogP contribution in [0.1, 0.15) is 31.0 Å². The molecule has 0 spiro atoms. The molecular formula is C18H21N3O4. The van der Waals surface area contributed by atoms with E-state index in [4.69, 9.17) is 4.74 Å². The lowest BCUT2D eigenvalue weighted by Crippen LogP contribution is -2.32. The maximum absolute atomic E-state index is 12.6. The van der Waals surface area contributed by atoms with Crippen LogP contribution in [-0.4, -0.2) is 33.4 Å². The Morgan fingerprint density at radius 1 is 1.32 bits per heavy atom. The van der Waals surface area contributed by atoms with Gasteiger partial charge in [-0.1, -0.05) is 12.1 Å². The number of aromatic nitrogens is 1. The van der Waals surface area contributed by atoms with Crippen molar-refractivity contribution in [2.45, 2.75) is 25.3 Å². The van der Waals surface area contributed by atoms with Crippen LogP contribution in [0, 0.1) is 10.1 Å². The molecule has 0 aliphatic carbocycles. The van der Waals surface area contributed by atoms with E-state index in [0.29, 0.717) is 0 Å². The summed E-state index contributed by atoms with van der Waals surface area (Å²) in [5.74, 6) is 0.211. The lowest BCUT2D eigenvalue weighted by Gasteiger charge is -2.25. The second kappa shape index (κ2) is 7.38. The van der Waals surface area contributed by atoms with Crippen molar-refractivity contribution < 1.29 is 14.5 Å². The zero-order valence-electron chi connectivity index (χ0n) is 14.1. The summed E-state index contributed by atoms with van der Waals surface area (Å²) < 4.78 is 7.53. The quantitative estimate of drug-likeness (QED) is 0.596. The molecule has 0 radical (unpaired) electrons. The van der Waals surface area contributed by atoms with Crippen molar-refractivity contribution in [3.05, 3.63) is 58.4 Å². The summed E-state index contributed by atoms with van der Waals surface area (Å²) in [7, 11) is 1.98. The van der Waals surface area contributed by atoms with Crippen LogP contribution in [0.25, 0.3) is 0 Å². The summed E-state index contributed by atoms with van der Waals surface area (Å²) in [6, 6.07) is 10.3. The van der Waals surface area contributed by atoms with Gasteiger partial charge in [-0.3, -0.25) is 14.9 Å². The van der Waals surface area contributed by atoms with Gasteiger partial charge in [0.25, 0.3) is 0 Å². The molecule has 1 saturated heterocycles. The van der Waals surface area contributed by atoms with Gasteiger partial charge in [0.2, 0.25) is 5.91 Å². The molecule has 1 aromatic carbocycles. The van der Waals surface area contributed by atoms with Gasteiger partial charge in [-0.05, 0) is 31.0 Å². The Morgan fingerprint density at radius 3 is 2.84 bits per heavy atom. The number of nitrogens with zero attached hydrogens (tertiary/aromatic N) is 3. The minimum Gasteiger partial charge on any atom is -0.486 e. The average Bonchev–Trinajstić information content (AvgIpc) is 3.23. The SMILES string of the molecule is Cn1cccc1[C@@H]1CCCN1C(=O)CCOc1ccccc1[N+](=O)[O-]. The first kappa shape index (κ1) is 17.0. The topological polar surface area (TPSA) is 77.6 Å². The van der Waals surface area contributed by atoms with E-state index in [1.807, 2.05) is 34.8 Å². The molecule has 0 bridgehead atoms. The van der Waals surface area contributed by atoms with E-state index in [9.17, 15) is 14.9 Å². The number of nitro benzene ring substituents is 1. The summed E-state index contributed by atoms with van der Waals surface area (Å²) in [5.41, 5.74) is 1.04. The van der Waals surface area contributed by atoms with Crippen molar-refractivity contribution in [1.29, 1.82) is 0 Å². The Morgan fingerprint density at radius 2 is 2.12 bits per heavy atom. The van der Waals surface area contributed by atoms with Gasteiger partial charge in [0.15, 0.2) is 5.75 Å². The summed E-state index contributed by atoms with van der Waals surface area (Å²) in [4.78, 5) is 25.0. The van der Waals surface area contributed by atoms with Crippen LogP contribution in [0.2, 0.25) is 0 Å². The fraction of sp³-hybridized carbons (Fsp3) is 0.389. The number of hydrogen-bond donors (Lipinski definition) is 0. The molecule has 7 nitrogen and oxygen atoms in total. The molecule has 3 rings (SSSR count). The second-order valence-electron chi connectivity index (χ2n) is 6.11. The van der Waals surface area contributed by atoms with E-state index >= 15 is 0 Å². The van der Waals surface area contributed by atoms with Crippen LogP contribution < -0.4 is 4.74 Å². The van der Waals surface area contributed by atoms with Crippen molar-refractivity contribution >= 4 is 11.6 Å². The smallest absolute Gasteiger partial charge is 0.310 e. The first-order valence-corrected chi connectivity index (χ1v) is 8.35. The first-order valence-electron chi connectivity index (χ1n) is 8.35. The highest BCUT2D eigenvalue weighted by molar-refractivity contribution is 5.77. The predicted octanol–water partition coefficient (Wildman–Crippen LogP) is 3.07. The van der Waals surface area contributed by atoms with Crippen LogP contribution in [0.15, 0.2) is 42.6 Å². The summed E-state index contributed by atoms with van der Waals surface area (Å²) >= 11 is 0. The molecule has 1 amide bonds. The fourth-order valence-electron chi connectivity index (χ4n) is 3.32. The number of para-hydroxylation sites is 2. The van der Waals surface area contributed by atoms with Crippen LogP contribution in [0.5, 0.6) is 5.75 Å². The van der Waals surface area contributed by atoms with E-state index < -0.39 is 4.92 Å². The fourth-order valence-corrected chi connectivity index (χ4v) is 3.32. The summed E-state index contributed by atoms with van der Waals surface area (Å²) in [5, 5.41) is 11.0. The van der Waals surface area contributed by atoms with E-state index in [2.05, 4.69) is 0 Å². The van der Waals surface area contributed by atoms with Gasteiger partial charge in [0.1, 0.15) is 0 Å². The van der Waals surface area contributed by atoms with Crippen LogP contribution in [-0.2, 0) is 11.8 Å². The third-order valence-corrected chi connectivity index (χ3v) is 4.53. The highest BCUT2D eigenvalue weighted by Crippen LogP contribution is 2.32. The van der Waals surface area contributed by atoms with Gasteiger partial charge >= 0.3 is 5.69 Å². The van der Waals surface area contributed by atoms with Gasteiger partial charge in [0.05, 0.1) is 24.0 Å². The number of rotatable bonds is 6. The molecular weight excluding hydrogens is 322 g/mol. The van der Waals surface area contributed by atoms with Crippen LogP contribution in [0.4, 0.5) is 5.69 Å². The number of carbonyl (C=O) groups is 1. The van der Waals surface area contributed by atoms with Crippen LogP contribution in [0.3, 0.4) is 0 Å². The van der Waals surface area contributed by atoms with Gasteiger partial charge in [-0.25, -0.2) is 0 Å². The molecule has 0 unspecified atom stereocenters. The number of hydrogen-bond acceptors (Lipinski definition) is 4. The second-order valence-corrected chi connectivity index (χ2v) is 6.11. The van der Waals surface area contributed by atoms with E-state index in [0.717, 1.165) is 25.1 Å². The number of carbonyl (C=O) groups excluding carboxylic acids is 1. The Hall–Kier alpha value is -2.83.